The van der Waals surface area contributed by atoms with E-state index in [-0.39, 0.29) is 42.4 Å². The number of carboxylic acids is 1. The highest BCUT2D eigenvalue weighted by molar-refractivity contribution is 7.88. The highest BCUT2D eigenvalue weighted by Gasteiger charge is 2.37. The van der Waals surface area contributed by atoms with Crippen LogP contribution in [-0.2, 0) is 73.8 Å². The normalized spacial score (nSPS) is 19.3. The molecule has 0 saturated heterocycles. The third-order valence-corrected chi connectivity index (χ3v) is 19.8. The Morgan fingerprint density at radius 1 is 0.553 bits per heavy atom. The Balaban J connectivity index is 0.000000142. The molecule has 31 heteroatoms. The van der Waals surface area contributed by atoms with Crippen molar-refractivity contribution in [2.45, 2.75) is 96.7 Å². The molecule has 0 spiro atoms. The summed E-state index contributed by atoms with van der Waals surface area (Å²) in [7, 11) is -9.87. The number of halogens is 3. The van der Waals surface area contributed by atoms with Crippen molar-refractivity contribution in [1.82, 2.24) is 42.7 Å². The Hall–Kier alpha value is -7.58. The summed E-state index contributed by atoms with van der Waals surface area (Å²) in [5.74, 6) is -3.49. The zero-order valence-corrected chi connectivity index (χ0v) is 50.0. The van der Waals surface area contributed by atoms with Gasteiger partial charge < -0.3 is 38.3 Å². The lowest BCUT2D eigenvalue weighted by molar-refractivity contribution is -0.139. The van der Waals surface area contributed by atoms with Crippen LogP contribution < -0.4 is 33.2 Å². The van der Waals surface area contributed by atoms with E-state index in [2.05, 4.69) is 36.3 Å². The molecule has 6 aliphatic rings. The Kier molecular flexibility index (Phi) is 17.5. The maximum absolute atomic E-state index is 14.0. The average Bonchev–Trinajstić information content (AvgIpc) is 2.05. The smallest absolute Gasteiger partial charge is 0.311 e. The Morgan fingerprint density at radius 2 is 0.965 bits per heavy atom. The van der Waals surface area contributed by atoms with Crippen LogP contribution in [0.2, 0.25) is 0 Å². The number of carbonyl (C=O) groups is 3. The van der Waals surface area contributed by atoms with Gasteiger partial charge in [-0.25, -0.2) is 43.1 Å². The van der Waals surface area contributed by atoms with Gasteiger partial charge in [-0.15, -0.1) is 5.10 Å². The van der Waals surface area contributed by atoms with Crippen molar-refractivity contribution in [3.05, 3.63) is 121 Å². The fourth-order valence-corrected chi connectivity index (χ4v) is 14.1. The fraction of sp³-hybridized carbons (Fsp3) is 0.444. The molecule has 458 valence electrons. The summed E-state index contributed by atoms with van der Waals surface area (Å²) in [6, 6.07) is 8.33. The SMILES string of the molecule is CS(=O)(=O)N1CCc2c(N)n[nH]c2C1.Cc1cc(F)cc2c1NCCC2C(=O)O.Cc1cc(F)cc2c1NCCC2C(=O)n1nc(N)c2c1CN(S(C)(=O)=O)CC2.Cc1cc(F)cc2c1NCCC2C(=O)n1nc2c(c1N)CCN(S(C)(=O)=O)C2. The van der Waals surface area contributed by atoms with Crippen molar-refractivity contribution in [2.75, 3.05) is 91.2 Å². The number of H-pyrrole nitrogens is 1. The van der Waals surface area contributed by atoms with Gasteiger partial charge in [0, 0.05) is 73.0 Å². The van der Waals surface area contributed by atoms with Crippen molar-refractivity contribution in [3.8, 4) is 0 Å². The van der Waals surface area contributed by atoms with Crippen LogP contribution in [0.4, 0.5) is 47.7 Å². The van der Waals surface area contributed by atoms with Crippen LogP contribution in [0.3, 0.4) is 0 Å². The van der Waals surface area contributed by atoms with Gasteiger partial charge in [-0.05, 0) is 129 Å². The standard InChI is InChI=1S/2C18H22FN5O3S.C11H12FNO2.C7H12N4O2S/c1-10-7-11(19)8-14-12(3-5-21-16(10)14)18(25)24-15-9-23(28(2,26)27)6-4-13(15)17(20)22-24;1-10-7-11(19)8-14-12(3-5-21-16(10)14)18(25)24-17(20)13-4-6-23(28(2,26)27)9-15(13)22-24;1-6-4-7(12)5-9-8(11(14)15)2-3-13-10(6)9;1-14(12,13)11-3-2-5-6(4-11)9-10-7(5)8/h7-8,12,21H,3-6,9H2,1-2H3,(H2,20,22);7-8,12,21H,3-6,9,20H2,1-2H3;4-5,8,13H,2-3H2,1H3,(H,14,15);2-4H2,1H3,(H3,8,9,10). The van der Waals surface area contributed by atoms with Crippen LogP contribution >= 0.6 is 0 Å². The van der Waals surface area contributed by atoms with Gasteiger partial charge in [0.1, 0.15) is 34.9 Å². The number of nitrogens with two attached hydrogens (primary N) is 3. The number of carbonyl (C=O) groups excluding carboxylic acids is 2. The molecule has 0 amide bonds. The average molecular weight is 1240 g/mol. The molecule has 25 nitrogen and oxygen atoms in total. The van der Waals surface area contributed by atoms with E-state index < -0.39 is 65.4 Å². The topological polar surface area (TPSA) is 362 Å². The van der Waals surface area contributed by atoms with E-state index in [4.69, 9.17) is 22.3 Å². The van der Waals surface area contributed by atoms with E-state index >= 15 is 0 Å². The number of carboxylic acid groups (broad SMARTS) is 1. The monoisotopic (exact) mass is 1240 g/mol. The van der Waals surface area contributed by atoms with E-state index in [9.17, 15) is 52.8 Å². The molecule has 0 bridgehead atoms. The lowest BCUT2D eigenvalue weighted by atomic mass is 9.88. The summed E-state index contributed by atoms with van der Waals surface area (Å²) in [5, 5.41) is 33.7. The zero-order chi connectivity index (χ0) is 61.8. The Morgan fingerprint density at radius 3 is 1.44 bits per heavy atom. The summed E-state index contributed by atoms with van der Waals surface area (Å²) in [4.78, 5) is 37.6. The second kappa shape index (κ2) is 24.1. The Labute approximate surface area is 489 Å². The molecule has 85 heavy (non-hydrogen) atoms. The highest BCUT2D eigenvalue weighted by Crippen LogP contribution is 2.40. The molecule has 0 fully saturated rings. The van der Waals surface area contributed by atoms with Gasteiger partial charge in [0.25, 0.3) is 11.8 Å². The Bertz CT molecular complexity index is 4000. The van der Waals surface area contributed by atoms with Gasteiger partial charge in [-0.3, -0.25) is 19.5 Å². The van der Waals surface area contributed by atoms with Crippen molar-refractivity contribution in [2.24, 2.45) is 0 Å². The molecule has 6 aliphatic heterocycles. The van der Waals surface area contributed by atoms with Crippen molar-refractivity contribution < 1.29 is 57.9 Å². The third-order valence-electron chi connectivity index (χ3n) is 16.1. The third kappa shape index (κ3) is 13.0. The number of nitrogens with one attached hydrogen (secondary N) is 4. The van der Waals surface area contributed by atoms with E-state index in [1.54, 1.807) is 20.8 Å². The second-order valence-corrected chi connectivity index (χ2v) is 27.9. The first kappa shape index (κ1) is 62.0. The van der Waals surface area contributed by atoms with Gasteiger partial charge in [-0.2, -0.15) is 27.8 Å². The lowest BCUT2D eigenvalue weighted by Gasteiger charge is -2.29. The predicted molar refractivity (Wildman–Crippen MR) is 313 cm³/mol. The molecule has 3 aromatic carbocycles. The number of anilines is 6. The van der Waals surface area contributed by atoms with Gasteiger partial charge in [0.15, 0.2) is 0 Å². The second-order valence-electron chi connectivity index (χ2n) is 21.9. The fourth-order valence-electron chi connectivity index (χ4n) is 11.7. The van der Waals surface area contributed by atoms with Crippen molar-refractivity contribution in [3.63, 3.8) is 0 Å². The highest BCUT2D eigenvalue weighted by atomic mass is 32.2. The van der Waals surface area contributed by atoms with Crippen LogP contribution in [-0.4, -0.2) is 149 Å². The first-order valence-corrected chi connectivity index (χ1v) is 32.8. The number of hydrogen-bond acceptors (Lipinski definition) is 18. The number of nitrogen functional groups attached to an aromatic ring is 3. The van der Waals surface area contributed by atoms with Crippen LogP contribution in [0.25, 0.3) is 0 Å². The molecule has 0 saturated carbocycles. The van der Waals surface area contributed by atoms with Gasteiger partial charge >= 0.3 is 5.97 Å². The minimum Gasteiger partial charge on any atom is -0.481 e. The van der Waals surface area contributed by atoms with E-state index in [0.717, 1.165) is 62.2 Å². The number of aromatic amines is 1. The summed E-state index contributed by atoms with van der Waals surface area (Å²) < 4.78 is 118. The number of fused-ring (bicyclic) bond motifs is 6. The zero-order valence-electron chi connectivity index (χ0n) is 47.6. The summed E-state index contributed by atoms with van der Waals surface area (Å²) in [5.41, 5.74) is 28.2. The number of aryl methyl sites for hydroxylation is 3. The minimum absolute atomic E-state index is 0.0457. The number of sulfonamides is 3. The molecule has 12 rings (SSSR count). The minimum atomic E-state index is -3.41. The van der Waals surface area contributed by atoms with Gasteiger partial charge in [0.05, 0.1) is 73.2 Å². The molecule has 3 atom stereocenters. The number of rotatable bonds is 6. The van der Waals surface area contributed by atoms with E-state index in [1.165, 1.54) is 60.3 Å². The number of aromatic nitrogens is 6. The van der Waals surface area contributed by atoms with Gasteiger partial charge in [-0.1, -0.05) is 0 Å². The van der Waals surface area contributed by atoms with Crippen molar-refractivity contribution >= 4 is 82.4 Å². The lowest BCUT2D eigenvalue weighted by Crippen LogP contribution is -2.37. The quantitative estimate of drug-likeness (QED) is 0.115. The molecule has 11 N–H and O–H groups in total. The molecular formula is C54H68F3N15O10S3. The first-order chi connectivity index (χ1) is 39.9. The summed E-state index contributed by atoms with van der Waals surface area (Å²) >= 11 is 0. The number of hydrogen-bond donors (Lipinski definition) is 8. The molecule has 0 aliphatic carbocycles. The summed E-state index contributed by atoms with van der Waals surface area (Å²) in [6.45, 7) is 8.71. The predicted octanol–water partition coefficient (Wildman–Crippen LogP) is 4.37. The van der Waals surface area contributed by atoms with E-state index in [0.29, 0.717) is 129 Å². The maximum Gasteiger partial charge on any atom is 0.311 e. The molecule has 9 heterocycles. The number of benzene rings is 3. The number of nitrogens with zero attached hydrogens (tertiary/aromatic N) is 8. The maximum atomic E-state index is 14.0. The number of aliphatic carboxylic acids is 1. The van der Waals surface area contributed by atoms with Crippen LogP contribution in [0.5, 0.6) is 0 Å². The largest absolute Gasteiger partial charge is 0.481 e. The molecule has 0 radical (unpaired) electrons. The van der Waals surface area contributed by atoms with Crippen LogP contribution in [0.1, 0.15) is 114 Å². The summed E-state index contributed by atoms with van der Waals surface area (Å²) in [6.07, 6.45) is 6.40. The van der Waals surface area contributed by atoms with Crippen LogP contribution in [0, 0.1) is 38.2 Å². The van der Waals surface area contributed by atoms with Crippen LogP contribution in [0.15, 0.2) is 36.4 Å². The first-order valence-electron chi connectivity index (χ1n) is 27.2. The van der Waals surface area contributed by atoms with Gasteiger partial charge in [0.2, 0.25) is 30.1 Å². The molecule has 6 aromatic rings. The molecular weight excluding hydrogens is 1170 g/mol. The molecule has 3 aromatic heterocycles. The molecule has 3 unspecified atom stereocenters. The van der Waals surface area contributed by atoms with E-state index in [1.807, 2.05) is 0 Å². The van der Waals surface area contributed by atoms with Crippen molar-refractivity contribution in [1.29, 1.82) is 0 Å².